The fourth-order valence-corrected chi connectivity index (χ4v) is 1.37. The van der Waals surface area contributed by atoms with E-state index in [9.17, 15) is 9.18 Å². The predicted octanol–water partition coefficient (Wildman–Crippen LogP) is 0.822. The van der Waals surface area contributed by atoms with Crippen molar-refractivity contribution in [2.24, 2.45) is 0 Å². The van der Waals surface area contributed by atoms with Gasteiger partial charge in [-0.15, -0.1) is 0 Å². The summed E-state index contributed by atoms with van der Waals surface area (Å²) in [5.74, 6) is 4.45. The van der Waals surface area contributed by atoms with Crippen molar-refractivity contribution in [3.63, 3.8) is 0 Å². The highest BCUT2D eigenvalue weighted by molar-refractivity contribution is 5.77. The van der Waals surface area contributed by atoms with Gasteiger partial charge >= 0.3 is 0 Å². The van der Waals surface area contributed by atoms with E-state index in [0.717, 1.165) is 0 Å². The van der Waals surface area contributed by atoms with Gasteiger partial charge in [0.25, 0.3) is 0 Å². The molecule has 0 saturated heterocycles. The Morgan fingerprint density at radius 2 is 2.32 bits per heavy atom. The number of halogens is 1. The van der Waals surface area contributed by atoms with Gasteiger partial charge in [0, 0.05) is 24.3 Å². The lowest BCUT2D eigenvalue weighted by atomic mass is 10.1. The molecule has 0 aliphatic rings. The Labute approximate surface area is 111 Å². The smallest absolute Gasteiger partial charge is 0.246 e. The maximum absolute atomic E-state index is 13.5. The zero-order chi connectivity index (χ0) is 14.1. The molecule has 1 rings (SSSR count). The zero-order valence-electron chi connectivity index (χ0n) is 10.7. The molecule has 0 saturated carbocycles. The molecule has 0 aromatic heterocycles. The molecule has 0 bridgehead atoms. The van der Waals surface area contributed by atoms with Crippen molar-refractivity contribution in [2.75, 3.05) is 19.8 Å². The van der Waals surface area contributed by atoms with Crippen LogP contribution in [-0.4, -0.2) is 30.8 Å². The van der Waals surface area contributed by atoms with Crippen LogP contribution in [0.3, 0.4) is 0 Å². The van der Waals surface area contributed by atoms with E-state index in [1.165, 1.54) is 12.1 Å². The number of hydrogen-bond donors (Lipinski definition) is 2. The Hall–Kier alpha value is -1.90. The first-order valence-corrected chi connectivity index (χ1v) is 5.90. The van der Waals surface area contributed by atoms with Crippen LogP contribution in [0, 0.1) is 17.7 Å². The van der Waals surface area contributed by atoms with Crippen molar-refractivity contribution in [1.29, 1.82) is 0 Å². The molecule has 102 valence electrons. The van der Waals surface area contributed by atoms with Crippen molar-refractivity contribution in [3.8, 4) is 11.8 Å². The molecule has 5 heteroatoms. The summed E-state index contributed by atoms with van der Waals surface area (Å²) in [5, 5.41) is 11.1. The van der Waals surface area contributed by atoms with Gasteiger partial charge in [0.05, 0.1) is 0 Å². The van der Waals surface area contributed by atoms with Gasteiger partial charge in [-0.1, -0.05) is 11.8 Å². The van der Waals surface area contributed by atoms with Crippen LogP contribution in [0.2, 0.25) is 0 Å². The van der Waals surface area contributed by atoms with E-state index in [2.05, 4.69) is 17.2 Å². The largest absolute Gasteiger partial charge is 0.384 e. The van der Waals surface area contributed by atoms with Gasteiger partial charge in [0.15, 0.2) is 0 Å². The minimum absolute atomic E-state index is 0.0396. The summed E-state index contributed by atoms with van der Waals surface area (Å²) in [5.41, 5.74) is 0.930. The summed E-state index contributed by atoms with van der Waals surface area (Å²) in [7, 11) is 0. The lowest BCUT2D eigenvalue weighted by molar-refractivity contribution is -0.125. The minimum atomic E-state index is -0.411. The van der Waals surface area contributed by atoms with Crippen molar-refractivity contribution < 1.29 is 19.0 Å². The molecule has 1 amide bonds. The third kappa shape index (κ3) is 5.51. The van der Waals surface area contributed by atoms with Gasteiger partial charge in [-0.05, 0) is 25.1 Å². The number of rotatable bonds is 5. The van der Waals surface area contributed by atoms with Gasteiger partial charge < -0.3 is 15.2 Å². The summed E-state index contributed by atoms with van der Waals surface area (Å²) in [6, 6.07) is 4.34. The van der Waals surface area contributed by atoms with E-state index in [-0.39, 0.29) is 25.7 Å². The molecule has 1 aromatic carbocycles. The molecule has 0 aliphatic heterocycles. The van der Waals surface area contributed by atoms with Gasteiger partial charge in [0.2, 0.25) is 5.91 Å². The number of amides is 1. The molecule has 0 aliphatic carbocycles. The zero-order valence-corrected chi connectivity index (χ0v) is 10.7. The third-order valence-electron chi connectivity index (χ3n) is 2.27. The van der Waals surface area contributed by atoms with Crippen LogP contribution in [-0.2, 0) is 16.1 Å². The summed E-state index contributed by atoms with van der Waals surface area (Å²) in [4.78, 5) is 11.3. The minimum Gasteiger partial charge on any atom is -0.384 e. The van der Waals surface area contributed by atoms with E-state index < -0.39 is 5.82 Å². The molecule has 0 heterocycles. The molecule has 4 nitrogen and oxygen atoms in total. The Morgan fingerprint density at radius 3 is 3.00 bits per heavy atom. The van der Waals surface area contributed by atoms with Crippen molar-refractivity contribution in [2.45, 2.75) is 13.5 Å². The van der Waals surface area contributed by atoms with Crippen LogP contribution in [0.4, 0.5) is 4.39 Å². The average Bonchev–Trinajstić information content (AvgIpc) is 2.42. The second-order valence-electron chi connectivity index (χ2n) is 3.68. The molecule has 19 heavy (non-hydrogen) atoms. The fraction of sp³-hybridized carbons (Fsp3) is 0.357. The first-order chi connectivity index (χ1) is 9.17. The molecule has 0 fully saturated rings. The maximum atomic E-state index is 13.5. The van der Waals surface area contributed by atoms with E-state index in [1.807, 2.05) is 0 Å². The number of ether oxygens (including phenoxy) is 1. The van der Waals surface area contributed by atoms with Crippen LogP contribution < -0.4 is 5.32 Å². The highest BCUT2D eigenvalue weighted by atomic mass is 19.1. The van der Waals surface area contributed by atoms with Gasteiger partial charge in [-0.3, -0.25) is 4.79 Å². The number of carbonyl (C=O) groups is 1. The Kier molecular flexibility index (Phi) is 6.58. The Bertz CT molecular complexity index is 491. The highest BCUT2D eigenvalue weighted by Gasteiger charge is 2.05. The Morgan fingerprint density at radius 1 is 1.53 bits per heavy atom. The molecule has 0 radical (unpaired) electrons. The predicted molar refractivity (Wildman–Crippen MR) is 68.7 cm³/mol. The van der Waals surface area contributed by atoms with Crippen LogP contribution >= 0.6 is 0 Å². The lowest BCUT2D eigenvalue weighted by Crippen LogP contribution is -2.27. The molecule has 0 spiro atoms. The number of carbonyl (C=O) groups excluding carboxylic acids is 1. The van der Waals surface area contributed by atoms with E-state index >= 15 is 0 Å². The van der Waals surface area contributed by atoms with Crippen molar-refractivity contribution in [1.82, 2.24) is 5.32 Å². The normalized spacial score (nSPS) is 9.63. The number of aliphatic hydroxyl groups excluding tert-OH is 1. The van der Waals surface area contributed by atoms with Gasteiger partial charge in [0.1, 0.15) is 19.0 Å². The molecular formula is C14H16FNO3. The monoisotopic (exact) mass is 265 g/mol. The van der Waals surface area contributed by atoms with Crippen LogP contribution in [0.25, 0.3) is 0 Å². The first-order valence-electron chi connectivity index (χ1n) is 5.90. The Balaban J connectivity index is 2.64. The number of aliphatic hydroxyl groups is 1. The van der Waals surface area contributed by atoms with Crippen LogP contribution in [0.15, 0.2) is 18.2 Å². The number of nitrogens with one attached hydrogen (secondary N) is 1. The summed E-state index contributed by atoms with van der Waals surface area (Å²) >= 11 is 0. The van der Waals surface area contributed by atoms with Crippen molar-refractivity contribution >= 4 is 5.91 Å². The maximum Gasteiger partial charge on any atom is 0.246 e. The molecule has 0 atom stereocenters. The number of hydrogen-bond acceptors (Lipinski definition) is 3. The summed E-state index contributed by atoms with van der Waals surface area (Å²) in [6.45, 7) is 2.02. The summed E-state index contributed by atoms with van der Waals surface area (Å²) in [6.07, 6.45) is 0. The number of benzene rings is 1. The quantitative estimate of drug-likeness (QED) is 0.775. The van der Waals surface area contributed by atoms with Gasteiger partial charge in [-0.2, -0.15) is 0 Å². The van der Waals surface area contributed by atoms with Crippen LogP contribution in [0.1, 0.15) is 18.1 Å². The second-order valence-corrected chi connectivity index (χ2v) is 3.68. The molecule has 0 unspecified atom stereocenters. The molecular weight excluding hydrogens is 249 g/mol. The SMILES string of the molecule is CCOCC(=O)NCc1cc(C#CCO)ccc1F. The molecule has 1 aromatic rings. The standard InChI is InChI=1S/C14H16FNO3/c1-2-19-10-14(18)16-9-12-8-11(4-3-7-17)5-6-13(12)15/h5-6,8,17H,2,7,9-10H2,1H3,(H,16,18). The van der Waals surface area contributed by atoms with Crippen molar-refractivity contribution in [3.05, 3.63) is 35.1 Å². The van der Waals surface area contributed by atoms with Crippen LogP contribution in [0.5, 0.6) is 0 Å². The van der Waals surface area contributed by atoms with E-state index in [0.29, 0.717) is 17.7 Å². The fourth-order valence-electron chi connectivity index (χ4n) is 1.37. The van der Waals surface area contributed by atoms with Gasteiger partial charge in [-0.25, -0.2) is 4.39 Å². The topological polar surface area (TPSA) is 58.6 Å². The van der Waals surface area contributed by atoms with E-state index in [1.54, 1.807) is 13.0 Å². The average molecular weight is 265 g/mol. The van der Waals surface area contributed by atoms with E-state index in [4.69, 9.17) is 9.84 Å². The highest BCUT2D eigenvalue weighted by Crippen LogP contribution is 2.09. The third-order valence-corrected chi connectivity index (χ3v) is 2.27. The molecule has 2 N–H and O–H groups in total. The summed E-state index contributed by atoms with van der Waals surface area (Å²) < 4.78 is 18.4. The first kappa shape index (κ1) is 15.2. The second kappa shape index (κ2) is 8.25. The lowest BCUT2D eigenvalue weighted by Gasteiger charge is -2.07.